The molecule has 0 spiro atoms. The highest BCUT2D eigenvalue weighted by molar-refractivity contribution is 5.52. The van der Waals surface area contributed by atoms with Gasteiger partial charge in [0.2, 0.25) is 5.82 Å². The summed E-state index contributed by atoms with van der Waals surface area (Å²) in [6.45, 7) is 2.13. The maximum Gasteiger partial charge on any atom is 0.307 e. The van der Waals surface area contributed by atoms with Gasteiger partial charge >= 0.3 is 5.69 Å². The molecule has 0 bridgehead atoms. The number of nitrogens with zero attached hydrogens (tertiary/aromatic N) is 1. The van der Waals surface area contributed by atoms with E-state index in [1.807, 2.05) is 0 Å². The molecule has 0 heterocycles. The van der Waals surface area contributed by atoms with E-state index in [0.717, 1.165) is 6.07 Å². The number of hydrogen-bond donors (Lipinski definition) is 0. The van der Waals surface area contributed by atoms with Crippen LogP contribution in [-0.2, 0) is 4.74 Å². The molecule has 0 saturated carbocycles. The van der Waals surface area contributed by atoms with Gasteiger partial charge in [0, 0.05) is 5.56 Å². The summed E-state index contributed by atoms with van der Waals surface area (Å²) in [5.41, 5.74) is -0.984. The molecule has 4 nitrogen and oxygen atoms in total. The Kier molecular flexibility index (Phi) is 3.93. The molecule has 0 radical (unpaired) electrons. The van der Waals surface area contributed by atoms with E-state index < -0.39 is 22.2 Å². The number of nitro groups is 1. The molecule has 0 aliphatic rings. The van der Waals surface area contributed by atoms with E-state index in [0.29, 0.717) is 12.7 Å². The van der Waals surface area contributed by atoms with E-state index in [2.05, 4.69) is 0 Å². The number of benzene rings is 1. The second-order valence-corrected chi connectivity index (χ2v) is 2.84. The minimum Gasteiger partial charge on any atom is -0.501 e. The van der Waals surface area contributed by atoms with E-state index in [1.165, 1.54) is 12.3 Å². The molecule has 86 valence electrons. The Labute approximate surface area is 90.3 Å². The molecule has 0 saturated heterocycles. The Morgan fingerprint density at radius 1 is 1.44 bits per heavy atom. The van der Waals surface area contributed by atoms with Gasteiger partial charge in [-0.05, 0) is 19.1 Å². The first-order valence-corrected chi connectivity index (χ1v) is 4.47. The molecule has 0 atom stereocenters. The SMILES string of the molecule is CCO/C=C/c1cc(F)c([N+](=O)[O-])cc1F. The molecule has 0 N–H and O–H groups in total. The minimum absolute atomic E-state index is 0.100. The molecule has 16 heavy (non-hydrogen) atoms. The summed E-state index contributed by atoms with van der Waals surface area (Å²) in [7, 11) is 0. The van der Waals surface area contributed by atoms with Crippen LogP contribution in [0.2, 0.25) is 0 Å². The van der Waals surface area contributed by atoms with Crippen LogP contribution in [0.1, 0.15) is 12.5 Å². The van der Waals surface area contributed by atoms with E-state index in [9.17, 15) is 18.9 Å². The van der Waals surface area contributed by atoms with Crippen LogP contribution in [0.5, 0.6) is 0 Å². The van der Waals surface area contributed by atoms with Crippen molar-refractivity contribution in [2.24, 2.45) is 0 Å². The Balaban J connectivity index is 3.05. The molecule has 0 unspecified atom stereocenters. The zero-order chi connectivity index (χ0) is 12.1. The molecular formula is C10H9F2NO3. The molecular weight excluding hydrogens is 220 g/mol. The van der Waals surface area contributed by atoms with Crippen LogP contribution >= 0.6 is 0 Å². The first-order chi connectivity index (χ1) is 7.56. The maximum atomic E-state index is 13.2. The van der Waals surface area contributed by atoms with Gasteiger partial charge < -0.3 is 4.74 Å². The van der Waals surface area contributed by atoms with Crippen molar-refractivity contribution in [3.05, 3.63) is 45.7 Å². The Hall–Kier alpha value is -1.98. The van der Waals surface area contributed by atoms with Gasteiger partial charge in [-0.2, -0.15) is 4.39 Å². The lowest BCUT2D eigenvalue weighted by atomic mass is 10.2. The third kappa shape index (κ3) is 2.75. The van der Waals surface area contributed by atoms with Crippen LogP contribution in [0.4, 0.5) is 14.5 Å². The summed E-state index contributed by atoms with van der Waals surface area (Å²) in [6, 6.07) is 1.30. The zero-order valence-corrected chi connectivity index (χ0v) is 8.44. The van der Waals surface area contributed by atoms with Crippen LogP contribution in [0, 0.1) is 21.7 Å². The van der Waals surface area contributed by atoms with Crippen molar-refractivity contribution < 1.29 is 18.4 Å². The first kappa shape index (κ1) is 12.1. The predicted octanol–water partition coefficient (Wildman–Crippen LogP) is 2.88. The molecule has 0 aromatic heterocycles. The zero-order valence-electron chi connectivity index (χ0n) is 8.44. The largest absolute Gasteiger partial charge is 0.501 e. The normalized spacial score (nSPS) is 10.7. The van der Waals surface area contributed by atoms with Crippen LogP contribution in [0.25, 0.3) is 6.08 Å². The summed E-state index contributed by atoms with van der Waals surface area (Å²) < 4.78 is 31.2. The molecule has 1 rings (SSSR count). The number of nitro benzene ring substituents is 1. The van der Waals surface area contributed by atoms with Gasteiger partial charge in [-0.25, -0.2) is 4.39 Å². The van der Waals surface area contributed by atoms with E-state index in [4.69, 9.17) is 4.74 Å². The van der Waals surface area contributed by atoms with E-state index in [-0.39, 0.29) is 5.56 Å². The van der Waals surface area contributed by atoms with Crippen molar-refractivity contribution in [2.75, 3.05) is 6.61 Å². The lowest BCUT2D eigenvalue weighted by Crippen LogP contribution is -1.95. The van der Waals surface area contributed by atoms with Gasteiger partial charge in [-0.15, -0.1) is 0 Å². The second-order valence-electron chi connectivity index (χ2n) is 2.84. The molecule has 0 aliphatic heterocycles. The van der Waals surface area contributed by atoms with Gasteiger partial charge in [-0.3, -0.25) is 10.1 Å². The fourth-order valence-electron chi connectivity index (χ4n) is 1.04. The van der Waals surface area contributed by atoms with Gasteiger partial charge in [0.25, 0.3) is 0 Å². The summed E-state index contributed by atoms with van der Waals surface area (Å²) >= 11 is 0. The minimum atomic E-state index is -1.08. The number of rotatable bonds is 4. The van der Waals surface area contributed by atoms with Crippen molar-refractivity contribution in [1.29, 1.82) is 0 Å². The van der Waals surface area contributed by atoms with Crippen molar-refractivity contribution in [1.82, 2.24) is 0 Å². The van der Waals surface area contributed by atoms with Gasteiger partial charge in [-0.1, -0.05) is 0 Å². The monoisotopic (exact) mass is 229 g/mol. The highest BCUT2D eigenvalue weighted by Gasteiger charge is 2.17. The van der Waals surface area contributed by atoms with Gasteiger partial charge in [0.15, 0.2) is 0 Å². The standard InChI is InChI=1S/C10H9F2NO3/c1-2-16-4-3-7-5-9(12)10(13(14)15)6-8(7)11/h3-6H,2H2,1H3/b4-3+. The molecule has 0 fully saturated rings. The molecule has 1 aromatic rings. The average Bonchev–Trinajstić information content (AvgIpc) is 2.22. The Morgan fingerprint density at radius 2 is 2.12 bits per heavy atom. The Morgan fingerprint density at radius 3 is 2.69 bits per heavy atom. The lowest BCUT2D eigenvalue weighted by molar-refractivity contribution is -0.387. The summed E-state index contributed by atoms with van der Waals surface area (Å²) in [4.78, 5) is 9.32. The average molecular weight is 229 g/mol. The van der Waals surface area contributed by atoms with E-state index in [1.54, 1.807) is 6.92 Å². The maximum absolute atomic E-state index is 13.2. The first-order valence-electron chi connectivity index (χ1n) is 4.47. The van der Waals surface area contributed by atoms with Crippen molar-refractivity contribution >= 4 is 11.8 Å². The van der Waals surface area contributed by atoms with Crippen LogP contribution in [0.3, 0.4) is 0 Å². The molecule has 6 heteroatoms. The van der Waals surface area contributed by atoms with Crippen molar-refractivity contribution in [3.63, 3.8) is 0 Å². The second kappa shape index (κ2) is 5.20. The van der Waals surface area contributed by atoms with Crippen LogP contribution < -0.4 is 0 Å². The predicted molar refractivity (Wildman–Crippen MR) is 53.7 cm³/mol. The fraction of sp³-hybridized carbons (Fsp3) is 0.200. The van der Waals surface area contributed by atoms with E-state index >= 15 is 0 Å². The molecule has 1 aromatic carbocycles. The number of ether oxygens (including phenoxy) is 1. The van der Waals surface area contributed by atoms with Gasteiger partial charge in [0.1, 0.15) is 5.82 Å². The number of halogens is 2. The Bertz CT molecular complexity index is 432. The summed E-state index contributed by atoms with van der Waals surface area (Å²) in [6.07, 6.45) is 2.40. The van der Waals surface area contributed by atoms with Crippen molar-refractivity contribution in [2.45, 2.75) is 6.92 Å². The number of hydrogen-bond acceptors (Lipinski definition) is 3. The third-order valence-electron chi connectivity index (χ3n) is 1.77. The molecule has 0 aliphatic carbocycles. The quantitative estimate of drug-likeness (QED) is 0.453. The topological polar surface area (TPSA) is 52.4 Å². The van der Waals surface area contributed by atoms with Crippen LogP contribution in [-0.4, -0.2) is 11.5 Å². The highest BCUT2D eigenvalue weighted by Crippen LogP contribution is 2.22. The lowest BCUT2D eigenvalue weighted by Gasteiger charge is -1.99. The van der Waals surface area contributed by atoms with Gasteiger partial charge in [0.05, 0.1) is 23.9 Å². The fourth-order valence-corrected chi connectivity index (χ4v) is 1.04. The highest BCUT2D eigenvalue weighted by atomic mass is 19.1. The van der Waals surface area contributed by atoms with Crippen molar-refractivity contribution in [3.8, 4) is 0 Å². The van der Waals surface area contributed by atoms with Crippen LogP contribution in [0.15, 0.2) is 18.4 Å². The summed E-state index contributed by atoms with van der Waals surface area (Å²) in [5.74, 6) is -1.95. The third-order valence-corrected chi connectivity index (χ3v) is 1.77. The smallest absolute Gasteiger partial charge is 0.307 e. The molecule has 0 amide bonds. The summed E-state index contributed by atoms with van der Waals surface area (Å²) in [5, 5.41) is 10.3.